The van der Waals surface area contributed by atoms with E-state index in [1.807, 2.05) is 36.4 Å². The minimum Gasteiger partial charge on any atom is -0.355 e. The molecule has 2 aromatic carbocycles. The third kappa shape index (κ3) is 6.67. The standard InChI is InChI=1S/C24H25Cl3N4O2S/c25-19-5-2-1-4-17(19)23-29-22(33-30-23)14-31-11-8-16(9-12-31)24(32)28-10-13-34-15-18-20(26)6-3-7-21(18)27/h1-7,16H,8-15H2,(H,28,32). The Morgan fingerprint density at radius 2 is 1.76 bits per heavy atom. The third-order valence-corrected chi connectivity index (χ3v) is 7.78. The van der Waals surface area contributed by atoms with E-state index in [2.05, 4.69) is 20.4 Å². The number of hydrogen-bond acceptors (Lipinski definition) is 6. The number of rotatable bonds is 9. The Kier molecular flexibility index (Phi) is 9.14. The first kappa shape index (κ1) is 25.3. The number of aromatic nitrogens is 2. The molecule has 34 heavy (non-hydrogen) atoms. The average Bonchev–Trinajstić information content (AvgIpc) is 3.29. The number of nitrogens with one attached hydrogen (secondary N) is 1. The van der Waals surface area contributed by atoms with Gasteiger partial charge in [-0.1, -0.05) is 58.2 Å². The lowest BCUT2D eigenvalue weighted by molar-refractivity contribution is -0.126. The summed E-state index contributed by atoms with van der Waals surface area (Å²) in [4.78, 5) is 19.3. The van der Waals surface area contributed by atoms with Crippen molar-refractivity contribution in [3.8, 4) is 11.4 Å². The largest absolute Gasteiger partial charge is 0.355 e. The predicted octanol–water partition coefficient (Wildman–Crippen LogP) is 5.96. The maximum atomic E-state index is 12.6. The molecule has 6 nitrogen and oxygen atoms in total. The second-order valence-electron chi connectivity index (χ2n) is 8.09. The summed E-state index contributed by atoms with van der Waals surface area (Å²) < 4.78 is 5.41. The van der Waals surface area contributed by atoms with Gasteiger partial charge in [-0.15, -0.1) is 0 Å². The number of hydrogen-bond donors (Lipinski definition) is 1. The Balaban J connectivity index is 1.16. The lowest BCUT2D eigenvalue weighted by Crippen LogP contribution is -2.40. The number of piperidine rings is 1. The molecule has 0 saturated carbocycles. The number of carbonyl (C=O) groups excluding carboxylic acids is 1. The molecule has 0 unspecified atom stereocenters. The van der Waals surface area contributed by atoms with Crippen LogP contribution < -0.4 is 5.32 Å². The van der Waals surface area contributed by atoms with Crippen molar-refractivity contribution in [2.75, 3.05) is 25.4 Å². The summed E-state index contributed by atoms with van der Waals surface area (Å²) in [5.41, 5.74) is 1.69. The van der Waals surface area contributed by atoms with Crippen LogP contribution in [0.25, 0.3) is 11.4 Å². The van der Waals surface area contributed by atoms with Gasteiger partial charge in [-0.3, -0.25) is 9.69 Å². The zero-order valence-corrected chi connectivity index (χ0v) is 21.6. The second-order valence-corrected chi connectivity index (χ2v) is 10.4. The number of amides is 1. The lowest BCUT2D eigenvalue weighted by atomic mass is 9.96. The van der Waals surface area contributed by atoms with E-state index >= 15 is 0 Å². The van der Waals surface area contributed by atoms with Gasteiger partial charge in [0.2, 0.25) is 17.6 Å². The molecule has 1 aliphatic rings. The van der Waals surface area contributed by atoms with Crippen LogP contribution in [0.15, 0.2) is 47.0 Å². The number of nitrogens with zero attached hydrogens (tertiary/aromatic N) is 3. The number of carbonyl (C=O) groups is 1. The van der Waals surface area contributed by atoms with Gasteiger partial charge in [0.1, 0.15) is 0 Å². The van der Waals surface area contributed by atoms with Gasteiger partial charge in [0.15, 0.2) is 0 Å². The van der Waals surface area contributed by atoms with Crippen LogP contribution in [0.1, 0.15) is 24.3 Å². The van der Waals surface area contributed by atoms with Crippen molar-refractivity contribution in [2.45, 2.75) is 25.1 Å². The molecule has 0 aliphatic carbocycles. The third-order valence-electron chi connectivity index (χ3n) is 5.75. The van der Waals surface area contributed by atoms with Crippen LogP contribution in [0.2, 0.25) is 15.1 Å². The molecule has 1 amide bonds. The Morgan fingerprint density at radius 3 is 2.50 bits per heavy atom. The van der Waals surface area contributed by atoms with Crippen LogP contribution in [0.4, 0.5) is 0 Å². The minimum atomic E-state index is 0.0284. The molecule has 0 radical (unpaired) electrons. The van der Waals surface area contributed by atoms with Crippen molar-refractivity contribution in [3.05, 3.63) is 69.0 Å². The highest BCUT2D eigenvalue weighted by Crippen LogP contribution is 2.28. The average molecular weight is 540 g/mol. The van der Waals surface area contributed by atoms with Crippen LogP contribution in [0.3, 0.4) is 0 Å². The molecule has 4 rings (SSSR count). The lowest BCUT2D eigenvalue weighted by Gasteiger charge is -2.30. The van der Waals surface area contributed by atoms with Gasteiger partial charge < -0.3 is 9.84 Å². The monoisotopic (exact) mass is 538 g/mol. The first-order valence-corrected chi connectivity index (χ1v) is 13.4. The van der Waals surface area contributed by atoms with Crippen LogP contribution in [0.5, 0.6) is 0 Å². The molecular weight excluding hydrogens is 515 g/mol. The zero-order chi connectivity index (χ0) is 23.9. The van der Waals surface area contributed by atoms with E-state index < -0.39 is 0 Å². The molecule has 2 heterocycles. The molecule has 1 aromatic heterocycles. The van der Waals surface area contributed by atoms with Crippen LogP contribution in [-0.2, 0) is 17.1 Å². The second kappa shape index (κ2) is 12.3. The Bertz CT molecular complexity index is 1100. The number of halogens is 3. The number of benzene rings is 2. The maximum Gasteiger partial charge on any atom is 0.241 e. The van der Waals surface area contributed by atoms with E-state index in [-0.39, 0.29) is 11.8 Å². The van der Waals surface area contributed by atoms with Gasteiger partial charge in [0, 0.05) is 39.6 Å². The van der Waals surface area contributed by atoms with Crippen molar-refractivity contribution < 1.29 is 9.32 Å². The van der Waals surface area contributed by atoms with Gasteiger partial charge >= 0.3 is 0 Å². The quantitative estimate of drug-likeness (QED) is 0.338. The van der Waals surface area contributed by atoms with Crippen LogP contribution in [0, 0.1) is 5.92 Å². The molecule has 1 aliphatic heterocycles. The van der Waals surface area contributed by atoms with E-state index in [1.54, 1.807) is 17.8 Å². The topological polar surface area (TPSA) is 71.3 Å². The molecule has 0 spiro atoms. The molecule has 1 fully saturated rings. The first-order chi connectivity index (χ1) is 16.5. The molecule has 3 aromatic rings. The van der Waals surface area contributed by atoms with E-state index in [1.165, 1.54) is 0 Å². The van der Waals surface area contributed by atoms with Gasteiger partial charge in [0.25, 0.3) is 0 Å². The Labute approximate surface area is 218 Å². The summed E-state index contributed by atoms with van der Waals surface area (Å²) in [6.45, 7) is 2.80. The van der Waals surface area contributed by atoms with E-state index in [4.69, 9.17) is 39.3 Å². The maximum absolute atomic E-state index is 12.6. The highest BCUT2D eigenvalue weighted by atomic mass is 35.5. The highest BCUT2D eigenvalue weighted by Gasteiger charge is 2.26. The predicted molar refractivity (Wildman–Crippen MR) is 138 cm³/mol. The normalized spacial score (nSPS) is 14.9. The van der Waals surface area contributed by atoms with Crippen molar-refractivity contribution in [1.82, 2.24) is 20.4 Å². The number of likely N-dealkylation sites (tertiary alicyclic amines) is 1. The number of thioether (sulfide) groups is 1. The fourth-order valence-electron chi connectivity index (χ4n) is 3.85. The summed E-state index contributed by atoms with van der Waals surface area (Å²) in [7, 11) is 0. The van der Waals surface area contributed by atoms with E-state index in [0.29, 0.717) is 39.9 Å². The molecular formula is C24H25Cl3N4O2S. The van der Waals surface area contributed by atoms with Gasteiger partial charge in [0.05, 0.1) is 11.6 Å². The summed E-state index contributed by atoms with van der Waals surface area (Å²) in [5, 5.41) is 9.06. The first-order valence-electron chi connectivity index (χ1n) is 11.1. The molecule has 0 atom stereocenters. The minimum absolute atomic E-state index is 0.0284. The summed E-state index contributed by atoms with van der Waals surface area (Å²) in [6, 6.07) is 12.9. The van der Waals surface area contributed by atoms with Gasteiger partial charge in [-0.25, -0.2) is 0 Å². The molecule has 0 bridgehead atoms. The van der Waals surface area contributed by atoms with Gasteiger partial charge in [-0.05, 0) is 55.8 Å². The molecule has 10 heteroatoms. The van der Waals surface area contributed by atoms with Crippen LogP contribution in [-0.4, -0.2) is 46.3 Å². The smallest absolute Gasteiger partial charge is 0.241 e. The van der Waals surface area contributed by atoms with Crippen LogP contribution >= 0.6 is 46.6 Å². The molecule has 180 valence electrons. The summed E-state index contributed by atoms with van der Waals surface area (Å²) in [6.07, 6.45) is 1.61. The van der Waals surface area contributed by atoms with Crippen molar-refractivity contribution in [1.29, 1.82) is 0 Å². The summed E-state index contributed by atoms with van der Waals surface area (Å²) in [5.74, 6) is 2.71. The van der Waals surface area contributed by atoms with E-state index in [0.717, 1.165) is 48.6 Å². The SMILES string of the molecule is O=C(NCCSCc1c(Cl)cccc1Cl)C1CCN(Cc2nc(-c3ccccc3Cl)no2)CC1. The van der Waals surface area contributed by atoms with Crippen molar-refractivity contribution in [2.24, 2.45) is 5.92 Å². The molecule has 1 N–H and O–H groups in total. The Morgan fingerprint density at radius 1 is 1.06 bits per heavy atom. The molecule has 1 saturated heterocycles. The van der Waals surface area contributed by atoms with E-state index in [9.17, 15) is 4.79 Å². The van der Waals surface area contributed by atoms with Crippen molar-refractivity contribution in [3.63, 3.8) is 0 Å². The summed E-state index contributed by atoms with van der Waals surface area (Å²) >= 11 is 20.3. The fourth-order valence-corrected chi connectivity index (χ4v) is 5.67. The Hall–Kier alpha value is -1.77. The highest BCUT2D eigenvalue weighted by molar-refractivity contribution is 7.98. The van der Waals surface area contributed by atoms with Crippen molar-refractivity contribution >= 4 is 52.5 Å². The fraction of sp³-hybridized carbons (Fsp3) is 0.375. The zero-order valence-electron chi connectivity index (χ0n) is 18.5. The van der Waals surface area contributed by atoms with Gasteiger partial charge in [-0.2, -0.15) is 16.7 Å².